The minimum Gasteiger partial charge on any atom is -0.480 e. The van der Waals surface area contributed by atoms with Gasteiger partial charge in [-0.15, -0.1) is 0 Å². The Kier molecular flexibility index (Phi) is 3.25. The number of hydrogen-bond donors (Lipinski definition) is 2. The summed E-state index contributed by atoms with van der Waals surface area (Å²) in [5.41, 5.74) is 8.71. The second kappa shape index (κ2) is 4.24. The molecule has 0 aliphatic rings. The molecule has 3 N–H and O–H groups in total. The predicted molar refractivity (Wildman–Crippen MR) is 55.2 cm³/mol. The van der Waals surface area contributed by atoms with Gasteiger partial charge in [0.2, 0.25) is 0 Å². The quantitative estimate of drug-likeness (QED) is 0.759. The van der Waals surface area contributed by atoms with Crippen molar-refractivity contribution in [3.63, 3.8) is 0 Å². The first-order chi connectivity index (χ1) is 6.49. The highest BCUT2D eigenvalue weighted by Crippen LogP contribution is 2.10. The summed E-state index contributed by atoms with van der Waals surface area (Å²) in [5.74, 6) is -0.954. The topological polar surface area (TPSA) is 63.3 Å². The summed E-state index contributed by atoms with van der Waals surface area (Å²) in [6, 6.07) is 5.18. The lowest BCUT2D eigenvalue weighted by atomic mass is 10.0. The molecule has 0 heterocycles. The average molecular weight is 193 g/mol. The van der Waals surface area contributed by atoms with Crippen LogP contribution in [-0.4, -0.2) is 17.1 Å². The molecule has 0 aliphatic heterocycles. The molecule has 0 amide bonds. The molecule has 0 saturated heterocycles. The van der Waals surface area contributed by atoms with E-state index in [2.05, 4.69) is 6.07 Å². The Bertz CT molecular complexity index is 327. The van der Waals surface area contributed by atoms with Gasteiger partial charge in [-0.2, -0.15) is 0 Å². The van der Waals surface area contributed by atoms with Crippen LogP contribution in [0.3, 0.4) is 0 Å². The first-order valence-electron chi connectivity index (χ1n) is 4.54. The van der Waals surface area contributed by atoms with Crippen LogP contribution in [0.5, 0.6) is 0 Å². The van der Waals surface area contributed by atoms with Crippen LogP contribution in [0, 0.1) is 13.8 Å². The monoisotopic (exact) mass is 193 g/mol. The van der Waals surface area contributed by atoms with Crippen molar-refractivity contribution in [3.8, 4) is 0 Å². The Balaban J connectivity index is 2.81. The molecule has 1 atom stereocenters. The molecular weight excluding hydrogens is 178 g/mol. The second-order valence-electron chi connectivity index (χ2n) is 3.64. The lowest BCUT2D eigenvalue weighted by Crippen LogP contribution is -2.32. The normalized spacial score (nSPS) is 12.5. The van der Waals surface area contributed by atoms with Crippen molar-refractivity contribution >= 4 is 5.97 Å². The van der Waals surface area contributed by atoms with E-state index >= 15 is 0 Å². The molecule has 0 saturated carbocycles. The lowest BCUT2D eigenvalue weighted by Gasteiger charge is -2.08. The average Bonchev–Trinajstić information content (AvgIpc) is 2.01. The van der Waals surface area contributed by atoms with Crippen LogP contribution < -0.4 is 5.73 Å². The molecule has 0 spiro atoms. The summed E-state index contributed by atoms with van der Waals surface area (Å²) in [6.45, 7) is 3.98. The van der Waals surface area contributed by atoms with Crippen molar-refractivity contribution in [2.45, 2.75) is 26.3 Å². The Hall–Kier alpha value is -1.35. The molecular formula is C11H15NO2. The van der Waals surface area contributed by atoms with Crippen molar-refractivity contribution in [2.24, 2.45) is 5.73 Å². The number of carboxylic acids is 1. The van der Waals surface area contributed by atoms with Gasteiger partial charge in [0, 0.05) is 0 Å². The predicted octanol–water partition coefficient (Wildman–Crippen LogP) is 1.26. The summed E-state index contributed by atoms with van der Waals surface area (Å²) < 4.78 is 0. The Morgan fingerprint density at radius 2 is 1.86 bits per heavy atom. The minimum atomic E-state index is -0.954. The first-order valence-corrected chi connectivity index (χ1v) is 4.54. The zero-order valence-electron chi connectivity index (χ0n) is 8.45. The molecule has 0 radical (unpaired) electrons. The smallest absolute Gasteiger partial charge is 0.320 e. The highest BCUT2D eigenvalue weighted by atomic mass is 16.4. The van der Waals surface area contributed by atoms with Crippen LogP contribution >= 0.6 is 0 Å². The standard InChI is InChI=1S/C11H15NO2/c1-7-3-8(2)5-9(4-7)6-10(12)11(13)14/h3-5,10H,6,12H2,1-2H3,(H,13,14). The molecule has 76 valence electrons. The minimum absolute atomic E-state index is 0.387. The van der Waals surface area contributed by atoms with Gasteiger partial charge in [0.25, 0.3) is 0 Å². The first kappa shape index (κ1) is 10.7. The van der Waals surface area contributed by atoms with E-state index in [4.69, 9.17) is 10.8 Å². The molecule has 14 heavy (non-hydrogen) atoms. The third kappa shape index (κ3) is 2.85. The fourth-order valence-corrected chi connectivity index (χ4v) is 1.53. The molecule has 3 nitrogen and oxygen atoms in total. The molecule has 3 heteroatoms. The molecule has 0 aliphatic carbocycles. The van der Waals surface area contributed by atoms with Gasteiger partial charge in [0.05, 0.1) is 0 Å². The van der Waals surface area contributed by atoms with Crippen molar-refractivity contribution in [2.75, 3.05) is 0 Å². The third-order valence-electron chi connectivity index (χ3n) is 2.05. The van der Waals surface area contributed by atoms with Crippen LogP contribution in [0.2, 0.25) is 0 Å². The molecule has 1 aromatic carbocycles. The molecule has 0 bridgehead atoms. The van der Waals surface area contributed by atoms with E-state index in [9.17, 15) is 4.79 Å². The van der Waals surface area contributed by atoms with E-state index in [0.717, 1.165) is 16.7 Å². The largest absolute Gasteiger partial charge is 0.480 e. The molecule has 0 aromatic heterocycles. The van der Waals surface area contributed by atoms with Gasteiger partial charge < -0.3 is 10.8 Å². The van der Waals surface area contributed by atoms with E-state index in [0.29, 0.717) is 6.42 Å². The number of carboxylic acid groups (broad SMARTS) is 1. The molecule has 1 unspecified atom stereocenters. The van der Waals surface area contributed by atoms with Crippen LogP contribution in [0.4, 0.5) is 0 Å². The lowest BCUT2D eigenvalue weighted by molar-refractivity contribution is -0.138. The fourth-order valence-electron chi connectivity index (χ4n) is 1.53. The van der Waals surface area contributed by atoms with Gasteiger partial charge >= 0.3 is 5.97 Å². The van der Waals surface area contributed by atoms with Crippen molar-refractivity contribution in [3.05, 3.63) is 34.9 Å². The van der Waals surface area contributed by atoms with Crippen molar-refractivity contribution in [1.82, 2.24) is 0 Å². The van der Waals surface area contributed by atoms with E-state index in [1.807, 2.05) is 26.0 Å². The zero-order valence-corrected chi connectivity index (χ0v) is 8.45. The van der Waals surface area contributed by atoms with Gasteiger partial charge in [-0.3, -0.25) is 4.79 Å². The molecule has 1 rings (SSSR count). The summed E-state index contributed by atoms with van der Waals surface area (Å²) in [4.78, 5) is 10.5. The maximum Gasteiger partial charge on any atom is 0.320 e. The van der Waals surface area contributed by atoms with Crippen LogP contribution in [0.25, 0.3) is 0 Å². The van der Waals surface area contributed by atoms with Crippen LogP contribution in [0.1, 0.15) is 16.7 Å². The van der Waals surface area contributed by atoms with Gasteiger partial charge in [0.1, 0.15) is 6.04 Å². The Morgan fingerprint density at radius 1 is 1.36 bits per heavy atom. The molecule has 0 fully saturated rings. The number of nitrogens with two attached hydrogens (primary N) is 1. The second-order valence-corrected chi connectivity index (χ2v) is 3.64. The maximum atomic E-state index is 10.5. The van der Waals surface area contributed by atoms with Gasteiger partial charge in [-0.05, 0) is 25.8 Å². The number of rotatable bonds is 3. The summed E-state index contributed by atoms with van der Waals surface area (Å²) in [5, 5.41) is 8.66. The Labute approximate surface area is 83.6 Å². The van der Waals surface area contributed by atoms with Gasteiger partial charge in [-0.1, -0.05) is 29.3 Å². The zero-order chi connectivity index (χ0) is 10.7. The number of benzene rings is 1. The molecule has 1 aromatic rings. The number of hydrogen-bond acceptors (Lipinski definition) is 2. The van der Waals surface area contributed by atoms with Crippen LogP contribution in [0.15, 0.2) is 18.2 Å². The van der Waals surface area contributed by atoms with E-state index < -0.39 is 12.0 Å². The fraction of sp³-hybridized carbons (Fsp3) is 0.364. The van der Waals surface area contributed by atoms with Gasteiger partial charge in [0.15, 0.2) is 0 Å². The van der Waals surface area contributed by atoms with Crippen LogP contribution in [-0.2, 0) is 11.2 Å². The van der Waals surface area contributed by atoms with E-state index in [-0.39, 0.29) is 0 Å². The van der Waals surface area contributed by atoms with Crippen molar-refractivity contribution in [1.29, 1.82) is 0 Å². The summed E-state index contributed by atoms with van der Waals surface area (Å²) >= 11 is 0. The summed E-state index contributed by atoms with van der Waals surface area (Å²) in [6.07, 6.45) is 0.387. The van der Waals surface area contributed by atoms with E-state index in [1.165, 1.54) is 0 Å². The number of aryl methyl sites for hydroxylation is 2. The SMILES string of the molecule is Cc1cc(C)cc(CC(N)C(=O)O)c1. The maximum absolute atomic E-state index is 10.5. The van der Waals surface area contributed by atoms with Gasteiger partial charge in [-0.25, -0.2) is 0 Å². The summed E-state index contributed by atoms with van der Waals surface area (Å²) in [7, 11) is 0. The number of carbonyl (C=O) groups is 1. The highest BCUT2D eigenvalue weighted by Gasteiger charge is 2.11. The third-order valence-corrected chi connectivity index (χ3v) is 2.05. The van der Waals surface area contributed by atoms with Crippen molar-refractivity contribution < 1.29 is 9.90 Å². The van der Waals surface area contributed by atoms with E-state index in [1.54, 1.807) is 0 Å². The number of aliphatic carboxylic acids is 1. The highest BCUT2D eigenvalue weighted by molar-refractivity contribution is 5.73. The Morgan fingerprint density at radius 3 is 2.29 bits per heavy atom.